The lowest BCUT2D eigenvalue weighted by Crippen LogP contribution is -1.94. The third kappa shape index (κ3) is 1.32. The molecule has 0 saturated heterocycles. The smallest absolute Gasteiger partial charge is 0.267 e. The molecule has 4 heteroatoms. The van der Waals surface area contributed by atoms with E-state index in [4.69, 9.17) is 10.5 Å². The normalized spacial score (nSPS) is 14.4. The number of alkyl halides is 2. The highest BCUT2D eigenvalue weighted by Crippen LogP contribution is 2.37. The van der Waals surface area contributed by atoms with Gasteiger partial charge >= 0.3 is 0 Å². The molecule has 2 nitrogen and oxygen atoms in total. The zero-order chi connectivity index (χ0) is 9.42. The third-order valence-electron chi connectivity index (χ3n) is 2.07. The first-order valence-corrected chi connectivity index (χ1v) is 4.01. The molecule has 2 N–H and O–H groups in total. The average Bonchev–Trinajstić information content (AvgIpc) is 2.49. The highest BCUT2D eigenvalue weighted by atomic mass is 19.3. The van der Waals surface area contributed by atoms with Gasteiger partial charge in [0.25, 0.3) is 6.43 Å². The molecule has 0 aliphatic carbocycles. The summed E-state index contributed by atoms with van der Waals surface area (Å²) < 4.78 is 30.0. The van der Waals surface area contributed by atoms with Crippen molar-refractivity contribution in [2.75, 3.05) is 12.3 Å². The van der Waals surface area contributed by atoms with Gasteiger partial charge in [0, 0.05) is 17.7 Å². The standard InChI is InChI=1S/C9H9F2NO/c10-9(11)7-4-6(12)3-5-1-2-13-8(5)7/h3-4,9H,1-2,12H2. The predicted octanol–water partition coefficient (Wildman–Crippen LogP) is 2.14. The van der Waals surface area contributed by atoms with Crippen molar-refractivity contribution in [1.82, 2.24) is 0 Å². The molecule has 0 radical (unpaired) electrons. The maximum absolute atomic E-state index is 12.5. The molecule has 0 unspecified atom stereocenters. The van der Waals surface area contributed by atoms with Crippen molar-refractivity contribution in [3.8, 4) is 5.75 Å². The molecule has 0 fully saturated rings. The van der Waals surface area contributed by atoms with Crippen molar-refractivity contribution in [2.45, 2.75) is 12.8 Å². The van der Waals surface area contributed by atoms with Crippen LogP contribution in [0.3, 0.4) is 0 Å². The van der Waals surface area contributed by atoms with Crippen LogP contribution in [-0.2, 0) is 6.42 Å². The Labute approximate surface area is 74.3 Å². The number of anilines is 1. The molecule has 1 aliphatic heterocycles. The van der Waals surface area contributed by atoms with Gasteiger partial charge in [-0.2, -0.15) is 0 Å². The Balaban J connectivity index is 2.55. The van der Waals surface area contributed by atoms with Gasteiger partial charge in [-0.05, 0) is 12.1 Å². The van der Waals surface area contributed by atoms with E-state index in [2.05, 4.69) is 0 Å². The van der Waals surface area contributed by atoms with Gasteiger partial charge in [0.2, 0.25) is 0 Å². The predicted molar refractivity (Wildman–Crippen MR) is 45.0 cm³/mol. The van der Waals surface area contributed by atoms with Crippen molar-refractivity contribution < 1.29 is 13.5 Å². The maximum Gasteiger partial charge on any atom is 0.267 e. The number of benzene rings is 1. The summed E-state index contributed by atoms with van der Waals surface area (Å²) in [5.74, 6) is 0.323. The summed E-state index contributed by atoms with van der Waals surface area (Å²) >= 11 is 0. The quantitative estimate of drug-likeness (QED) is 0.680. The first kappa shape index (κ1) is 8.29. The molecular weight excluding hydrogens is 176 g/mol. The number of hydrogen-bond donors (Lipinski definition) is 1. The Morgan fingerprint density at radius 3 is 2.85 bits per heavy atom. The number of halogens is 2. The Kier molecular flexibility index (Phi) is 1.83. The van der Waals surface area contributed by atoms with E-state index in [1.807, 2.05) is 0 Å². The van der Waals surface area contributed by atoms with Crippen LogP contribution in [0.4, 0.5) is 14.5 Å². The van der Waals surface area contributed by atoms with Crippen LogP contribution in [0.25, 0.3) is 0 Å². The van der Waals surface area contributed by atoms with Gasteiger partial charge in [0.05, 0.1) is 12.2 Å². The summed E-state index contributed by atoms with van der Waals surface area (Å²) in [5, 5.41) is 0. The van der Waals surface area contributed by atoms with Crippen LogP contribution < -0.4 is 10.5 Å². The Hall–Kier alpha value is -1.32. The number of hydrogen-bond acceptors (Lipinski definition) is 2. The van der Waals surface area contributed by atoms with Crippen LogP contribution in [0.1, 0.15) is 17.6 Å². The van der Waals surface area contributed by atoms with Gasteiger partial charge in [-0.15, -0.1) is 0 Å². The molecule has 0 saturated carbocycles. The molecule has 2 rings (SSSR count). The molecule has 1 aliphatic rings. The van der Waals surface area contributed by atoms with E-state index in [-0.39, 0.29) is 5.56 Å². The fourth-order valence-electron chi connectivity index (χ4n) is 1.53. The van der Waals surface area contributed by atoms with Crippen LogP contribution in [0.15, 0.2) is 12.1 Å². The second-order valence-electron chi connectivity index (χ2n) is 3.00. The molecule has 0 spiro atoms. The second kappa shape index (κ2) is 2.87. The zero-order valence-electron chi connectivity index (χ0n) is 6.89. The number of nitrogen functional groups attached to an aromatic ring is 1. The second-order valence-corrected chi connectivity index (χ2v) is 3.00. The SMILES string of the molecule is Nc1cc2c(c(C(F)F)c1)OCC2. The number of fused-ring (bicyclic) bond motifs is 1. The van der Waals surface area contributed by atoms with Crippen LogP contribution >= 0.6 is 0 Å². The minimum absolute atomic E-state index is 0.0903. The molecule has 0 amide bonds. The summed E-state index contributed by atoms with van der Waals surface area (Å²) in [5.41, 5.74) is 6.55. The summed E-state index contributed by atoms with van der Waals surface area (Å²) in [6.45, 7) is 0.471. The van der Waals surface area contributed by atoms with Gasteiger partial charge in [-0.3, -0.25) is 0 Å². The van der Waals surface area contributed by atoms with Gasteiger partial charge in [0.1, 0.15) is 5.75 Å². The fraction of sp³-hybridized carbons (Fsp3) is 0.333. The summed E-state index contributed by atoms with van der Waals surface area (Å²) in [6, 6.07) is 2.96. The Morgan fingerprint density at radius 1 is 1.38 bits per heavy atom. The highest BCUT2D eigenvalue weighted by molar-refractivity contribution is 5.55. The lowest BCUT2D eigenvalue weighted by molar-refractivity contribution is 0.147. The average molecular weight is 185 g/mol. The molecular formula is C9H9F2NO. The van der Waals surface area contributed by atoms with E-state index in [0.717, 1.165) is 5.56 Å². The number of rotatable bonds is 1. The molecule has 0 atom stereocenters. The van der Waals surface area contributed by atoms with E-state index in [1.54, 1.807) is 6.07 Å². The third-order valence-corrected chi connectivity index (χ3v) is 2.07. The van der Waals surface area contributed by atoms with E-state index in [1.165, 1.54) is 6.07 Å². The number of ether oxygens (including phenoxy) is 1. The van der Waals surface area contributed by atoms with E-state index >= 15 is 0 Å². The monoisotopic (exact) mass is 185 g/mol. The van der Waals surface area contributed by atoms with Gasteiger partial charge in [0.15, 0.2) is 0 Å². The first-order chi connectivity index (χ1) is 6.18. The zero-order valence-corrected chi connectivity index (χ0v) is 6.89. The molecule has 1 heterocycles. The molecule has 0 bridgehead atoms. The van der Waals surface area contributed by atoms with Gasteiger partial charge in [-0.1, -0.05) is 0 Å². The van der Waals surface area contributed by atoms with Gasteiger partial charge < -0.3 is 10.5 Å². The lowest BCUT2D eigenvalue weighted by atomic mass is 10.1. The molecule has 1 aromatic carbocycles. The van der Waals surface area contributed by atoms with E-state index < -0.39 is 6.43 Å². The summed E-state index contributed by atoms with van der Waals surface area (Å²) in [7, 11) is 0. The Morgan fingerprint density at radius 2 is 2.15 bits per heavy atom. The van der Waals surface area contributed by atoms with Crippen molar-refractivity contribution in [1.29, 1.82) is 0 Å². The highest BCUT2D eigenvalue weighted by Gasteiger charge is 2.22. The fourth-order valence-corrected chi connectivity index (χ4v) is 1.53. The van der Waals surface area contributed by atoms with Crippen molar-refractivity contribution in [3.05, 3.63) is 23.3 Å². The van der Waals surface area contributed by atoms with Crippen LogP contribution in [0.2, 0.25) is 0 Å². The van der Waals surface area contributed by atoms with Crippen molar-refractivity contribution in [2.24, 2.45) is 0 Å². The minimum Gasteiger partial charge on any atom is -0.492 e. The Bertz CT molecular complexity index is 339. The minimum atomic E-state index is -2.52. The number of nitrogens with two attached hydrogens (primary N) is 1. The lowest BCUT2D eigenvalue weighted by Gasteiger charge is -2.07. The van der Waals surface area contributed by atoms with E-state index in [0.29, 0.717) is 24.5 Å². The maximum atomic E-state index is 12.5. The van der Waals surface area contributed by atoms with Crippen molar-refractivity contribution in [3.63, 3.8) is 0 Å². The van der Waals surface area contributed by atoms with Crippen LogP contribution in [0.5, 0.6) is 5.75 Å². The van der Waals surface area contributed by atoms with Crippen molar-refractivity contribution >= 4 is 5.69 Å². The molecule has 0 aromatic heterocycles. The molecule has 1 aromatic rings. The van der Waals surface area contributed by atoms with E-state index in [9.17, 15) is 8.78 Å². The summed E-state index contributed by atoms with van der Waals surface area (Å²) in [4.78, 5) is 0. The molecule has 70 valence electrons. The topological polar surface area (TPSA) is 35.2 Å². The van der Waals surface area contributed by atoms with Gasteiger partial charge in [-0.25, -0.2) is 8.78 Å². The van der Waals surface area contributed by atoms with Crippen LogP contribution in [-0.4, -0.2) is 6.61 Å². The largest absolute Gasteiger partial charge is 0.492 e. The summed E-state index contributed by atoms with van der Waals surface area (Å²) in [6.07, 6.45) is -1.85. The van der Waals surface area contributed by atoms with Crippen LogP contribution in [0, 0.1) is 0 Å². The molecule has 13 heavy (non-hydrogen) atoms. The first-order valence-electron chi connectivity index (χ1n) is 4.01.